The van der Waals surface area contributed by atoms with Crippen LogP contribution in [0.4, 0.5) is 11.5 Å². The van der Waals surface area contributed by atoms with Gasteiger partial charge in [-0.3, -0.25) is 5.10 Å². The Morgan fingerprint density at radius 3 is 2.43 bits per heavy atom. The van der Waals surface area contributed by atoms with E-state index in [2.05, 4.69) is 35.6 Å². The minimum absolute atomic E-state index is 0.0306. The molecule has 35 heavy (non-hydrogen) atoms. The minimum Gasteiger partial charge on any atom is -0.258 e. The number of aromatic amines is 1. The van der Waals surface area contributed by atoms with Gasteiger partial charge in [-0.25, -0.2) is 13.4 Å². The lowest BCUT2D eigenvalue weighted by Gasteiger charge is -2.15. The highest BCUT2D eigenvalue weighted by atomic mass is 32.2. The SMILES string of the molecule is Cc1n[nH]c2c(/N=N/c3c(S(=O)(=O)c4ccccc4)cnn3-c3ccccn3)c(C(C)(C)C)nn12. The Morgan fingerprint density at radius 2 is 1.74 bits per heavy atom. The maximum absolute atomic E-state index is 13.5. The van der Waals surface area contributed by atoms with Crippen LogP contribution in [0.25, 0.3) is 11.5 Å². The van der Waals surface area contributed by atoms with Gasteiger partial charge in [-0.15, -0.1) is 10.2 Å². The summed E-state index contributed by atoms with van der Waals surface area (Å²) in [6.45, 7) is 7.87. The second-order valence-corrected chi connectivity index (χ2v) is 10.8. The van der Waals surface area contributed by atoms with Crippen LogP contribution in [0.1, 0.15) is 32.3 Å². The molecule has 178 valence electrons. The molecule has 5 rings (SSSR count). The van der Waals surface area contributed by atoms with E-state index >= 15 is 0 Å². The van der Waals surface area contributed by atoms with E-state index in [4.69, 9.17) is 0 Å². The highest BCUT2D eigenvalue weighted by Gasteiger charge is 2.29. The topological polar surface area (TPSA) is 136 Å². The van der Waals surface area contributed by atoms with Crippen LogP contribution in [0, 0.1) is 6.92 Å². The molecule has 1 N–H and O–H groups in total. The molecule has 0 aliphatic rings. The number of fused-ring (bicyclic) bond motifs is 1. The molecule has 4 heterocycles. The van der Waals surface area contributed by atoms with Gasteiger partial charge in [-0.05, 0) is 31.2 Å². The first kappa shape index (κ1) is 22.6. The zero-order chi connectivity index (χ0) is 24.8. The van der Waals surface area contributed by atoms with Crippen molar-refractivity contribution in [2.75, 3.05) is 0 Å². The number of hydrogen-bond acceptors (Lipinski definition) is 8. The first-order valence-electron chi connectivity index (χ1n) is 10.8. The zero-order valence-electron chi connectivity index (χ0n) is 19.6. The lowest BCUT2D eigenvalue weighted by molar-refractivity contribution is 0.561. The maximum atomic E-state index is 13.5. The van der Waals surface area contributed by atoms with E-state index in [1.165, 1.54) is 23.0 Å². The minimum atomic E-state index is -3.93. The fourth-order valence-corrected chi connectivity index (χ4v) is 4.93. The second kappa shape index (κ2) is 8.24. The summed E-state index contributed by atoms with van der Waals surface area (Å²) >= 11 is 0. The van der Waals surface area contributed by atoms with Crippen molar-refractivity contribution in [2.24, 2.45) is 10.2 Å². The number of aromatic nitrogens is 7. The summed E-state index contributed by atoms with van der Waals surface area (Å²) in [5.74, 6) is 1.10. The molecule has 0 bridgehead atoms. The maximum Gasteiger partial charge on any atom is 0.211 e. The van der Waals surface area contributed by atoms with Crippen LogP contribution in [-0.2, 0) is 15.3 Å². The van der Waals surface area contributed by atoms with Crippen molar-refractivity contribution in [3.8, 4) is 5.82 Å². The molecule has 0 radical (unpaired) electrons. The van der Waals surface area contributed by atoms with Gasteiger partial charge < -0.3 is 0 Å². The van der Waals surface area contributed by atoms with Crippen molar-refractivity contribution in [1.82, 2.24) is 34.6 Å². The van der Waals surface area contributed by atoms with E-state index in [1.807, 2.05) is 27.7 Å². The van der Waals surface area contributed by atoms with Gasteiger partial charge in [0, 0.05) is 11.6 Å². The van der Waals surface area contributed by atoms with Crippen molar-refractivity contribution < 1.29 is 8.42 Å². The van der Waals surface area contributed by atoms with E-state index < -0.39 is 9.84 Å². The standard InChI is InChI=1S/C23H23N9O2S/c1-15-26-29-22-19(20(23(2,3)4)30-31(15)22)27-28-21-17(35(33,34)16-10-6-5-7-11-16)14-25-32(21)18-12-8-9-13-24-18/h5-14,29H,1-4H3/b28-27+. The van der Waals surface area contributed by atoms with Gasteiger partial charge in [0.05, 0.1) is 16.8 Å². The van der Waals surface area contributed by atoms with Gasteiger partial charge in [0.15, 0.2) is 23.0 Å². The van der Waals surface area contributed by atoms with E-state index in [-0.39, 0.29) is 21.0 Å². The number of H-pyrrole nitrogens is 1. The Morgan fingerprint density at radius 1 is 1.00 bits per heavy atom. The molecule has 0 amide bonds. The van der Waals surface area contributed by atoms with Crippen LogP contribution in [0.2, 0.25) is 0 Å². The van der Waals surface area contributed by atoms with Crippen molar-refractivity contribution in [3.63, 3.8) is 0 Å². The number of nitrogens with one attached hydrogen (secondary N) is 1. The van der Waals surface area contributed by atoms with Gasteiger partial charge in [-0.2, -0.15) is 24.5 Å². The highest BCUT2D eigenvalue weighted by Crippen LogP contribution is 2.37. The average molecular weight is 490 g/mol. The summed E-state index contributed by atoms with van der Waals surface area (Å²) in [6.07, 6.45) is 2.86. The Balaban J connectivity index is 1.73. The van der Waals surface area contributed by atoms with Gasteiger partial charge in [0.1, 0.15) is 10.7 Å². The number of nitrogens with zero attached hydrogens (tertiary/aromatic N) is 8. The molecule has 0 spiro atoms. The molecule has 1 aromatic carbocycles. The molecule has 0 saturated carbocycles. The van der Waals surface area contributed by atoms with Crippen molar-refractivity contribution in [2.45, 2.75) is 42.9 Å². The number of sulfone groups is 1. The van der Waals surface area contributed by atoms with Crippen LogP contribution in [0.5, 0.6) is 0 Å². The quantitative estimate of drug-likeness (QED) is 0.361. The van der Waals surface area contributed by atoms with Gasteiger partial charge >= 0.3 is 0 Å². The third kappa shape index (κ3) is 3.91. The van der Waals surface area contributed by atoms with Gasteiger partial charge in [0.25, 0.3) is 0 Å². The Hall–Kier alpha value is -4.19. The summed E-state index contributed by atoms with van der Waals surface area (Å²) in [5, 5.41) is 25.0. The number of benzene rings is 1. The summed E-state index contributed by atoms with van der Waals surface area (Å²) in [5.41, 5.74) is 1.37. The molecule has 0 aliphatic carbocycles. The first-order valence-corrected chi connectivity index (χ1v) is 12.3. The molecule has 0 aliphatic heterocycles. The largest absolute Gasteiger partial charge is 0.258 e. The zero-order valence-corrected chi connectivity index (χ0v) is 20.4. The van der Waals surface area contributed by atoms with E-state index in [1.54, 1.807) is 47.1 Å². The number of hydrogen-bond donors (Lipinski definition) is 1. The van der Waals surface area contributed by atoms with Gasteiger partial charge in [-0.1, -0.05) is 45.0 Å². The van der Waals surface area contributed by atoms with E-state index in [9.17, 15) is 8.42 Å². The van der Waals surface area contributed by atoms with E-state index in [0.717, 1.165) is 0 Å². The summed E-state index contributed by atoms with van der Waals surface area (Å²) in [4.78, 5) is 4.35. The molecule has 0 atom stereocenters. The first-order chi connectivity index (χ1) is 16.7. The molecular weight excluding hydrogens is 466 g/mol. The smallest absolute Gasteiger partial charge is 0.211 e. The van der Waals surface area contributed by atoms with Crippen molar-refractivity contribution in [3.05, 3.63) is 72.4 Å². The Kier molecular flexibility index (Phi) is 5.32. The predicted molar refractivity (Wildman–Crippen MR) is 128 cm³/mol. The van der Waals surface area contributed by atoms with Gasteiger partial charge in [0.2, 0.25) is 9.84 Å². The van der Waals surface area contributed by atoms with Crippen LogP contribution in [-0.4, -0.2) is 43.0 Å². The average Bonchev–Trinajstić information content (AvgIpc) is 3.53. The predicted octanol–water partition coefficient (Wildman–Crippen LogP) is 4.49. The lowest BCUT2D eigenvalue weighted by atomic mass is 9.91. The molecule has 0 unspecified atom stereocenters. The monoisotopic (exact) mass is 489 g/mol. The van der Waals surface area contributed by atoms with E-state index in [0.29, 0.717) is 28.7 Å². The van der Waals surface area contributed by atoms with Crippen LogP contribution in [0.15, 0.2) is 80.9 Å². The molecule has 11 nitrogen and oxygen atoms in total. The number of aryl methyl sites for hydroxylation is 1. The van der Waals surface area contributed by atoms with Crippen LogP contribution < -0.4 is 0 Å². The normalized spacial score (nSPS) is 12.7. The van der Waals surface area contributed by atoms with Crippen molar-refractivity contribution >= 4 is 27.0 Å². The fraction of sp³-hybridized carbons (Fsp3) is 0.217. The van der Waals surface area contributed by atoms with Crippen LogP contribution in [0.3, 0.4) is 0 Å². The summed E-state index contributed by atoms with van der Waals surface area (Å²) in [6, 6.07) is 13.4. The molecule has 0 fully saturated rings. The second-order valence-electron chi connectivity index (χ2n) is 8.93. The Labute approximate surface area is 201 Å². The Bertz CT molecular complexity index is 1640. The molecule has 5 aromatic rings. The summed E-state index contributed by atoms with van der Waals surface area (Å²) < 4.78 is 30.0. The third-order valence-corrected chi connectivity index (χ3v) is 7.13. The molecule has 12 heteroatoms. The highest BCUT2D eigenvalue weighted by molar-refractivity contribution is 7.91. The molecule has 4 aromatic heterocycles. The number of azo groups is 1. The third-order valence-electron chi connectivity index (χ3n) is 5.37. The van der Waals surface area contributed by atoms with Crippen LogP contribution >= 0.6 is 0 Å². The fourth-order valence-electron chi connectivity index (χ4n) is 3.60. The number of pyridine rings is 1. The van der Waals surface area contributed by atoms with Crippen molar-refractivity contribution in [1.29, 1.82) is 0 Å². The lowest BCUT2D eigenvalue weighted by Crippen LogP contribution is -2.12. The molecular formula is C23H23N9O2S. The molecule has 0 saturated heterocycles. The summed E-state index contributed by atoms with van der Waals surface area (Å²) in [7, 11) is -3.93. The number of rotatable bonds is 5.